The lowest BCUT2D eigenvalue weighted by molar-refractivity contribution is 0.115. The molecule has 0 heterocycles. The molecule has 1 atom stereocenters. The van der Waals surface area contributed by atoms with Crippen LogP contribution < -0.4 is 0 Å². The maximum atomic E-state index is 10.3. The fraction of sp³-hybridized carbons (Fsp3) is 0.625. The van der Waals surface area contributed by atoms with Gasteiger partial charge in [0.1, 0.15) is 0 Å². The largest absolute Gasteiger partial charge is 0.387 e. The maximum Gasteiger partial charge on any atom is 0.0917 e. The van der Waals surface area contributed by atoms with Crippen molar-refractivity contribution >= 4 is 0 Å². The summed E-state index contributed by atoms with van der Waals surface area (Å²) < 4.78 is 0. The van der Waals surface area contributed by atoms with E-state index in [2.05, 4.69) is 50.8 Å². The molecule has 2 nitrogen and oxygen atoms in total. The van der Waals surface area contributed by atoms with E-state index in [1.165, 1.54) is 24.0 Å². The van der Waals surface area contributed by atoms with Crippen LogP contribution in [0.1, 0.15) is 49.5 Å². The highest BCUT2D eigenvalue weighted by Crippen LogP contribution is 2.18. The number of aliphatic hydroxyl groups is 1. The molecule has 0 bridgehead atoms. The number of rotatable bonds is 7. The molecule has 0 aliphatic carbocycles. The molecule has 0 saturated carbocycles. The van der Waals surface area contributed by atoms with Crippen LogP contribution in [0, 0.1) is 13.8 Å². The average Bonchev–Trinajstić information content (AvgIpc) is 2.32. The molecular formula is C16H27NO. The standard InChI is InChI=1S/C16H27NO/c1-5-7-8-17(6-2)12-16(18)15-10-13(3)9-14(4)11-15/h9-11,16,18H,5-8,12H2,1-4H3. The molecule has 1 N–H and O–H groups in total. The molecule has 2 heteroatoms. The molecule has 1 aromatic carbocycles. The van der Waals surface area contributed by atoms with Gasteiger partial charge in [-0.15, -0.1) is 0 Å². The first-order valence-electron chi connectivity index (χ1n) is 7.05. The topological polar surface area (TPSA) is 23.5 Å². The Morgan fingerprint density at radius 1 is 1.11 bits per heavy atom. The summed E-state index contributed by atoms with van der Waals surface area (Å²) in [6.45, 7) is 11.3. The zero-order valence-corrected chi connectivity index (χ0v) is 12.2. The molecule has 1 aromatic rings. The number of aliphatic hydroxyl groups excluding tert-OH is 1. The van der Waals surface area contributed by atoms with Crippen molar-refractivity contribution in [2.75, 3.05) is 19.6 Å². The second-order valence-corrected chi connectivity index (χ2v) is 5.18. The van der Waals surface area contributed by atoms with Crippen LogP contribution in [0.2, 0.25) is 0 Å². The predicted molar refractivity (Wildman–Crippen MR) is 77.9 cm³/mol. The zero-order chi connectivity index (χ0) is 13.5. The summed E-state index contributed by atoms with van der Waals surface area (Å²) in [5.41, 5.74) is 3.49. The summed E-state index contributed by atoms with van der Waals surface area (Å²) in [6.07, 6.45) is 2.03. The SMILES string of the molecule is CCCCN(CC)CC(O)c1cc(C)cc(C)c1. The number of hydrogen-bond acceptors (Lipinski definition) is 2. The summed E-state index contributed by atoms with van der Waals surface area (Å²) in [5.74, 6) is 0. The minimum atomic E-state index is -0.375. The van der Waals surface area contributed by atoms with E-state index in [0.29, 0.717) is 0 Å². The molecule has 0 saturated heterocycles. The van der Waals surface area contributed by atoms with E-state index in [1.54, 1.807) is 0 Å². The minimum Gasteiger partial charge on any atom is -0.387 e. The Bertz CT molecular complexity index is 342. The van der Waals surface area contributed by atoms with Gasteiger partial charge < -0.3 is 10.0 Å². The fourth-order valence-corrected chi connectivity index (χ4v) is 2.31. The van der Waals surface area contributed by atoms with Crippen molar-refractivity contribution in [1.82, 2.24) is 4.90 Å². The molecule has 0 aromatic heterocycles. The Balaban J connectivity index is 2.65. The van der Waals surface area contributed by atoms with Gasteiger partial charge in [-0.3, -0.25) is 0 Å². The average molecular weight is 249 g/mol. The quantitative estimate of drug-likeness (QED) is 0.800. The lowest BCUT2D eigenvalue weighted by Crippen LogP contribution is -2.29. The normalized spacial score (nSPS) is 13.0. The molecule has 0 radical (unpaired) electrons. The van der Waals surface area contributed by atoms with Crippen LogP contribution in [-0.2, 0) is 0 Å². The predicted octanol–water partition coefficient (Wildman–Crippen LogP) is 3.46. The first-order valence-corrected chi connectivity index (χ1v) is 7.05. The molecule has 0 aliphatic rings. The zero-order valence-electron chi connectivity index (χ0n) is 12.2. The third-order valence-electron chi connectivity index (χ3n) is 3.34. The number of nitrogens with zero attached hydrogens (tertiary/aromatic N) is 1. The van der Waals surface area contributed by atoms with Crippen molar-refractivity contribution < 1.29 is 5.11 Å². The lowest BCUT2D eigenvalue weighted by Gasteiger charge is -2.24. The number of likely N-dealkylation sites (N-methyl/N-ethyl adjacent to an activating group) is 1. The lowest BCUT2D eigenvalue weighted by atomic mass is 10.0. The Kier molecular flexibility index (Phi) is 6.37. The second kappa shape index (κ2) is 7.55. The van der Waals surface area contributed by atoms with Crippen molar-refractivity contribution in [3.8, 4) is 0 Å². The Labute approximate surface area is 112 Å². The highest BCUT2D eigenvalue weighted by atomic mass is 16.3. The van der Waals surface area contributed by atoms with Crippen molar-refractivity contribution in [2.24, 2.45) is 0 Å². The van der Waals surface area contributed by atoms with Crippen LogP contribution >= 0.6 is 0 Å². The van der Waals surface area contributed by atoms with Gasteiger partial charge in [0.2, 0.25) is 0 Å². The van der Waals surface area contributed by atoms with Gasteiger partial charge in [-0.1, -0.05) is 49.6 Å². The number of benzene rings is 1. The summed E-state index contributed by atoms with van der Waals surface area (Å²) in [6, 6.07) is 6.32. The van der Waals surface area contributed by atoms with Gasteiger partial charge in [0.25, 0.3) is 0 Å². The van der Waals surface area contributed by atoms with Crippen molar-refractivity contribution in [2.45, 2.75) is 46.6 Å². The molecule has 102 valence electrons. The summed E-state index contributed by atoms with van der Waals surface area (Å²) in [4.78, 5) is 2.33. The van der Waals surface area contributed by atoms with Gasteiger partial charge >= 0.3 is 0 Å². The Morgan fingerprint density at radius 3 is 2.22 bits per heavy atom. The van der Waals surface area contributed by atoms with E-state index in [-0.39, 0.29) is 6.10 Å². The molecular weight excluding hydrogens is 222 g/mol. The van der Waals surface area contributed by atoms with Crippen molar-refractivity contribution in [3.05, 3.63) is 34.9 Å². The summed E-state index contributed by atoms with van der Waals surface area (Å²) in [5, 5.41) is 10.3. The highest BCUT2D eigenvalue weighted by Gasteiger charge is 2.12. The van der Waals surface area contributed by atoms with Crippen LogP contribution in [-0.4, -0.2) is 29.6 Å². The van der Waals surface area contributed by atoms with Crippen molar-refractivity contribution in [1.29, 1.82) is 0 Å². The Morgan fingerprint density at radius 2 is 1.72 bits per heavy atom. The third kappa shape index (κ3) is 4.79. The highest BCUT2D eigenvalue weighted by molar-refractivity contribution is 5.30. The van der Waals surface area contributed by atoms with Gasteiger partial charge in [0, 0.05) is 6.54 Å². The Hall–Kier alpha value is -0.860. The monoisotopic (exact) mass is 249 g/mol. The van der Waals surface area contributed by atoms with E-state index in [4.69, 9.17) is 0 Å². The van der Waals surface area contributed by atoms with Gasteiger partial charge in [0.15, 0.2) is 0 Å². The minimum absolute atomic E-state index is 0.375. The molecule has 1 rings (SSSR count). The van der Waals surface area contributed by atoms with Gasteiger partial charge in [-0.2, -0.15) is 0 Å². The maximum absolute atomic E-state index is 10.3. The van der Waals surface area contributed by atoms with Crippen LogP contribution in [0.25, 0.3) is 0 Å². The van der Waals surface area contributed by atoms with Crippen LogP contribution in [0.4, 0.5) is 0 Å². The van der Waals surface area contributed by atoms with E-state index >= 15 is 0 Å². The second-order valence-electron chi connectivity index (χ2n) is 5.18. The molecule has 18 heavy (non-hydrogen) atoms. The number of unbranched alkanes of at least 4 members (excludes halogenated alkanes) is 1. The van der Waals surface area contributed by atoms with E-state index in [9.17, 15) is 5.11 Å². The van der Waals surface area contributed by atoms with E-state index in [0.717, 1.165) is 25.2 Å². The van der Waals surface area contributed by atoms with Crippen molar-refractivity contribution in [3.63, 3.8) is 0 Å². The number of aryl methyl sites for hydroxylation is 2. The fourth-order valence-electron chi connectivity index (χ4n) is 2.31. The van der Waals surface area contributed by atoms with Crippen LogP contribution in [0.5, 0.6) is 0 Å². The van der Waals surface area contributed by atoms with E-state index < -0.39 is 0 Å². The van der Waals surface area contributed by atoms with Crippen LogP contribution in [0.3, 0.4) is 0 Å². The first kappa shape index (κ1) is 15.2. The van der Waals surface area contributed by atoms with Gasteiger partial charge in [-0.25, -0.2) is 0 Å². The summed E-state index contributed by atoms with van der Waals surface area (Å²) in [7, 11) is 0. The van der Waals surface area contributed by atoms with Gasteiger partial charge in [-0.05, 0) is 38.9 Å². The third-order valence-corrected chi connectivity index (χ3v) is 3.34. The molecule has 0 amide bonds. The smallest absolute Gasteiger partial charge is 0.0917 e. The number of hydrogen-bond donors (Lipinski definition) is 1. The summed E-state index contributed by atoms with van der Waals surface area (Å²) >= 11 is 0. The molecule has 1 unspecified atom stereocenters. The van der Waals surface area contributed by atoms with Gasteiger partial charge in [0.05, 0.1) is 6.10 Å². The molecule has 0 fully saturated rings. The first-order chi connectivity index (χ1) is 8.56. The molecule has 0 spiro atoms. The van der Waals surface area contributed by atoms with E-state index in [1.807, 2.05) is 0 Å². The van der Waals surface area contributed by atoms with Crippen LogP contribution in [0.15, 0.2) is 18.2 Å². The molecule has 0 aliphatic heterocycles.